The van der Waals surface area contributed by atoms with E-state index in [-0.39, 0.29) is 5.82 Å². The first-order valence-electron chi connectivity index (χ1n) is 8.73. The van der Waals surface area contributed by atoms with Gasteiger partial charge in [0.1, 0.15) is 5.82 Å². The normalized spacial score (nSPS) is 12.0. The van der Waals surface area contributed by atoms with E-state index in [4.69, 9.17) is 11.1 Å². The van der Waals surface area contributed by atoms with Crippen molar-refractivity contribution in [2.24, 2.45) is 0 Å². The molecule has 3 N–H and O–H groups in total. The van der Waals surface area contributed by atoms with Crippen LogP contribution in [0, 0.1) is 25.1 Å². The van der Waals surface area contributed by atoms with Gasteiger partial charge in [-0.05, 0) is 77.9 Å². The lowest BCUT2D eigenvalue weighted by Gasteiger charge is -2.16. The van der Waals surface area contributed by atoms with Crippen LogP contribution in [0.3, 0.4) is 0 Å². The van der Waals surface area contributed by atoms with E-state index in [9.17, 15) is 4.39 Å². The van der Waals surface area contributed by atoms with Crippen molar-refractivity contribution in [1.82, 2.24) is 0 Å². The molecule has 0 radical (unpaired) electrons. The highest BCUT2D eigenvalue weighted by Gasteiger charge is 2.13. The summed E-state index contributed by atoms with van der Waals surface area (Å²) >= 11 is 0. The van der Waals surface area contributed by atoms with Crippen molar-refractivity contribution < 1.29 is 4.39 Å². The van der Waals surface area contributed by atoms with E-state index in [0.29, 0.717) is 23.2 Å². The highest BCUT2D eigenvalue weighted by Crippen LogP contribution is 2.33. The summed E-state index contributed by atoms with van der Waals surface area (Å²) in [5.74, 6) is -0.227. The van der Waals surface area contributed by atoms with Crippen LogP contribution in [-0.2, 0) is 0 Å². The first-order valence-corrected chi connectivity index (χ1v) is 8.73. The summed E-state index contributed by atoms with van der Waals surface area (Å²) in [5.41, 5.74) is 12.7. The average molecular weight is 360 g/mol. The smallest absolute Gasteiger partial charge is 0.126 e. The minimum Gasteiger partial charge on any atom is -0.398 e. The Morgan fingerprint density at radius 2 is 1.81 bits per heavy atom. The molecular formula is C24H25FN2. The summed E-state index contributed by atoms with van der Waals surface area (Å²) in [6.45, 7) is 11.3. The van der Waals surface area contributed by atoms with Crippen LogP contribution in [0.15, 0.2) is 67.8 Å². The quantitative estimate of drug-likeness (QED) is 0.198. The van der Waals surface area contributed by atoms with Crippen molar-refractivity contribution in [3.63, 3.8) is 0 Å². The molecule has 0 unspecified atom stereocenters. The Balaban J connectivity index is 2.84. The number of rotatable bonds is 7. The molecule has 2 nitrogen and oxygen atoms in total. The molecule has 0 aliphatic heterocycles. The summed E-state index contributed by atoms with van der Waals surface area (Å²) in [5, 5.41) is 7.65. The molecule has 0 saturated heterocycles. The molecule has 138 valence electrons. The Morgan fingerprint density at radius 3 is 2.41 bits per heavy atom. The third-order valence-electron chi connectivity index (χ3n) is 4.46. The van der Waals surface area contributed by atoms with Crippen LogP contribution in [0.1, 0.15) is 34.2 Å². The topological polar surface area (TPSA) is 49.9 Å². The molecule has 3 heteroatoms. The van der Waals surface area contributed by atoms with Gasteiger partial charge < -0.3 is 11.1 Å². The zero-order valence-corrected chi connectivity index (χ0v) is 15.9. The fraction of sp³-hybridized carbons (Fsp3) is 0.125. The first kappa shape index (κ1) is 20.1. The lowest BCUT2D eigenvalue weighted by molar-refractivity contribution is 0.618. The van der Waals surface area contributed by atoms with Gasteiger partial charge in [0.05, 0.1) is 0 Å². The van der Waals surface area contributed by atoms with Gasteiger partial charge in [0, 0.05) is 17.5 Å². The Hall–Kier alpha value is -3.20. The fourth-order valence-electron chi connectivity index (χ4n) is 3.00. The Morgan fingerprint density at radius 1 is 1.11 bits per heavy atom. The molecule has 0 atom stereocenters. The Bertz CT molecular complexity index is 949. The molecule has 0 heterocycles. The second kappa shape index (κ2) is 8.95. The second-order valence-corrected chi connectivity index (χ2v) is 6.38. The lowest BCUT2D eigenvalue weighted by atomic mass is 9.89. The predicted molar refractivity (Wildman–Crippen MR) is 116 cm³/mol. The highest BCUT2D eigenvalue weighted by atomic mass is 19.1. The summed E-state index contributed by atoms with van der Waals surface area (Å²) in [6, 6.07) is 9.02. The van der Waals surface area contributed by atoms with E-state index < -0.39 is 0 Å². The number of benzene rings is 2. The van der Waals surface area contributed by atoms with E-state index >= 15 is 0 Å². The van der Waals surface area contributed by atoms with Crippen LogP contribution >= 0.6 is 0 Å². The maximum absolute atomic E-state index is 13.8. The summed E-state index contributed by atoms with van der Waals surface area (Å²) < 4.78 is 13.8. The van der Waals surface area contributed by atoms with Crippen LogP contribution in [0.4, 0.5) is 10.1 Å². The van der Waals surface area contributed by atoms with Gasteiger partial charge in [0.25, 0.3) is 0 Å². The van der Waals surface area contributed by atoms with Crippen LogP contribution in [-0.4, -0.2) is 6.21 Å². The molecule has 0 spiro atoms. The highest BCUT2D eigenvalue weighted by molar-refractivity contribution is 5.98. The lowest BCUT2D eigenvalue weighted by Crippen LogP contribution is -2.00. The number of halogens is 1. The molecule has 0 amide bonds. The third kappa shape index (κ3) is 4.50. The number of nitrogens with one attached hydrogen (secondary N) is 1. The number of anilines is 1. The number of aryl methyl sites for hydroxylation is 2. The molecule has 0 bridgehead atoms. The zero-order valence-electron chi connectivity index (χ0n) is 15.9. The van der Waals surface area contributed by atoms with E-state index in [1.165, 1.54) is 12.3 Å². The molecule has 27 heavy (non-hydrogen) atoms. The maximum Gasteiger partial charge on any atom is 0.126 e. The third-order valence-corrected chi connectivity index (χ3v) is 4.46. The standard InChI is InChI=1S/C24H25FN2/c1-5-7-9-22(19-13-17(4)24(27)20(14-19)15-26)21(8-6-2)18-10-11-23(25)16(3)12-18/h5-7,9-15,26H,1-2,8,27H2,3-4H3. The van der Waals surface area contributed by atoms with Crippen LogP contribution in [0.2, 0.25) is 0 Å². The second-order valence-electron chi connectivity index (χ2n) is 6.38. The van der Waals surface area contributed by atoms with Crippen LogP contribution < -0.4 is 5.73 Å². The van der Waals surface area contributed by atoms with E-state index in [1.54, 1.807) is 19.1 Å². The summed E-state index contributed by atoms with van der Waals surface area (Å²) in [6.07, 6.45) is 9.26. The minimum atomic E-state index is -0.227. The first-order chi connectivity index (χ1) is 12.9. The van der Waals surface area contributed by atoms with E-state index in [1.807, 2.05) is 43.4 Å². The summed E-state index contributed by atoms with van der Waals surface area (Å²) in [4.78, 5) is 0. The van der Waals surface area contributed by atoms with Crippen molar-refractivity contribution in [2.75, 3.05) is 5.73 Å². The van der Waals surface area contributed by atoms with Crippen molar-refractivity contribution in [1.29, 1.82) is 5.41 Å². The van der Waals surface area contributed by atoms with Crippen molar-refractivity contribution in [2.45, 2.75) is 20.3 Å². The molecule has 0 aliphatic rings. The SMILES string of the molecule is C=CC=CC(=C(CC=C)c1ccc(F)c(C)c1)c1cc(C)c(N)c(C=N)c1. The fourth-order valence-corrected chi connectivity index (χ4v) is 3.00. The van der Waals surface area contributed by atoms with E-state index in [2.05, 4.69) is 13.2 Å². The van der Waals surface area contributed by atoms with Crippen molar-refractivity contribution in [3.05, 3.63) is 101 Å². The van der Waals surface area contributed by atoms with Gasteiger partial charge in [-0.2, -0.15) is 0 Å². The Labute approximate surface area is 160 Å². The Kier molecular flexibility index (Phi) is 6.67. The average Bonchev–Trinajstić information content (AvgIpc) is 2.65. The van der Waals surface area contributed by atoms with E-state index in [0.717, 1.165) is 27.8 Å². The number of allylic oxidation sites excluding steroid dienone is 6. The molecule has 0 saturated carbocycles. The predicted octanol–water partition coefficient (Wildman–Crippen LogP) is 6.25. The van der Waals surface area contributed by atoms with Crippen LogP contribution in [0.5, 0.6) is 0 Å². The molecule has 0 fully saturated rings. The molecule has 2 aromatic carbocycles. The number of nitrogen functional groups attached to an aromatic ring is 1. The monoisotopic (exact) mass is 360 g/mol. The van der Waals surface area contributed by atoms with Crippen molar-refractivity contribution >= 4 is 23.0 Å². The van der Waals surface area contributed by atoms with Gasteiger partial charge in [0.15, 0.2) is 0 Å². The number of hydrogen-bond acceptors (Lipinski definition) is 2. The number of hydrogen-bond donors (Lipinski definition) is 2. The van der Waals surface area contributed by atoms with Gasteiger partial charge in [0.2, 0.25) is 0 Å². The molecular weight excluding hydrogens is 335 g/mol. The van der Waals surface area contributed by atoms with Gasteiger partial charge in [-0.25, -0.2) is 4.39 Å². The van der Waals surface area contributed by atoms with Crippen molar-refractivity contribution in [3.8, 4) is 0 Å². The minimum absolute atomic E-state index is 0.227. The largest absolute Gasteiger partial charge is 0.398 e. The molecule has 2 aromatic rings. The van der Waals surface area contributed by atoms with Gasteiger partial charge >= 0.3 is 0 Å². The molecule has 0 aliphatic carbocycles. The molecule has 0 aromatic heterocycles. The maximum atomic E-state index is 13.8. The zero-order chi connectivity index (χ0) is 20.0. The summed E-state index contributed by atoms with van der Waals surface area (Å²) in [7, 11) is 0. The van der Waals surface area contributed by atoms with Gasteiger partial charge in [-0.15, -0.1) is 6.58 Å². The van der Waals surface area contributed by atoms with Gasteiger partial charge in [-0.3, -0.25) is 0 Å². The number of nitrogens with two attached hydrogens (primary N) is 1. The van der Waals surface area contributed by atoms with Gasteiger partial charge in [-0.1, -0.05) is 36.9 Å². The van der Waals surface area contributed by atoms with Crippen LogP contribution in [0.25, 0.3) is 11.1 Å². The molecule has 2 rings (SSSR count).